The molecule has 0 unspecified atom stereocenters. The monoisotopic (exact) mass is 491 g/mol. The van der Waals surface area contributed by atoms with Crippen LogP contribution in [0.3, 0.4) is 0 Å². The third kappa shape index (κ3) is 4.53. The van der Waals surface area contributed by atoms with Crippen molar-refractivity contribution in [2.75, 3.05) is 53.3 Å². The normalized spacial score (nSPS) is 22.0. The van der Waals surface area contributed by atoms with E-state index >= 15 is 0 Å². The van der Waals surface area contributed by atoms with Gasteiger partial charge in [-0.25, -0.2) is 4.98 Å². The van der Waals surface area contributed by atoms with Crippen molar-refractivity contribution < 1.29 is 9.53 Å². The molecule has 0 aromatic carbocycles. The minimum atomic E-state index is -0.857. The second-order valence-corrected chi connectivity index (χ2v) is 9.54. The molecule has 1 aliphatic carbocycles. The Balaban J connectivity index is 1.31. The third-order valence-electron chi connectivity index (χ3n) is 6.94. The van der Waals surface area contributed by atoms with E-state index in [1.54, 1.807) is 12.4 Å². The van der Waals surface area contributed by atoms with Crippen molar-refractivity contribution in [2.45, 2.75) is 44.1 Å². The molecule has 3 N–H and O–H groups in total. The van der Waals surface area contributed by atoms with Gasteiger partial charge >= 0.3 is 0 Å². The van der Waals surface area contributed by atoms with Crippen molar-refractivity contribution in [1.29, 1.82) is 0 Å². The number of amides is 1. The van der Waals surface area contributed by atoms with Crippen LogP contribution >= 0.6 is 0 Å². The summed E-state index contributed by atoms with van der Waals surface area (Å²) in [4.78, 5) is 39.9. The molecule has 3 aliphatic rings. The molecule has 0 radical (unpaired) electrons. The molecule has 1 amide bonds. The number of hydrogen-bond acceptors (Lipinski definition) is 11. The zero-order valence-electron chi connectivity index (χ0n) is 20.1. The molecule has 1 atom stereocenters. The summed E-state index contributed by atoms with van der Waals surface area (Å²) in [6, 6.07) is 2.00. The zero-order chi connectivity index (χ0) is 24.5. The quantitative estimate of drug-likeness (QED) is 0.444. The lowest BCUT2D eigenvalue weighted by Crippen LogP contribution is -2.52. The second-order valence-electron chi connectivity index (χ2n) is 9.54. The van der Waals surface area contributed by atoms with Crippen LogP contribution in [0.5, 0.6) is 0 Å². The lowest BCUT2D eigenvalue weighted by atomic mass is 9.98. The molecule has 13 heteroatoms. The van der Waals surface area contributed by atoms with E-state index in [2.05, 4.69) is 35.7 Å². The summed E-state index contributed by atoms with van der Waals surface area (Å²) in [6.45, 7) is 5.13. The van der Waals surface area contributed by atoms with Gasteiger partial charge in [0, 0.05) is 49.7 Å². The van der Waals surface area contributed by atoms with E-state index in [-0.39, 0.29) is 5.91 Å². The Morgan fingerprint density at radius 3 is 2.72 bits per heavy atom. The molecule has 6 rings (SSSR count). The highest BCUT2D eigenvalue weighted by Crippen LogP contribution is 2.40. The highest BCUT2D eigenvalue weighted by Gasteiger charge is 2.45. The van der Waals surface area contributed by atoms with Crippen LogP contribution in [0.15, 0.2) is 24.7 Å². The fourth-order valence-electron chi connectivity index (χ4n) is 4.69. The van der Waals surface area contributed by atoms with Crippen molar-refractivity contribution in [1.82, 2.24) is 35.1 Å². The predicted octanol–water partition coefficient (Wildman–Crippen LogP) is 1.84. The van der Waals surface area contributed by atoms with Crippen LogP contribution in [0, 0.1) is 0 Å². The lowest BCUT2D eigenvalue weighted by molar-refractivity contribution is -0.120. The molecular formula is C23H29N11O2. The maximum Gasteiger partial charge on any atom is 0.251 e. The third-order valence-corrected chi connectivity index (χ3v) is 6.94. The molecular weight excluding hydrogens is 462 g/mol. The number of nitrogens with one attached hydrogen (secondary N) is 3. The number of aromatic amines is 1. The number of carbonyl (C=O) groups excluding carboxylic acids is 1. The van der Waals surface area contributed by atoms with Gasteiger partial charge in [0.15, 0.2) is 11.6 Å². The topological polar surface area (TPSA) is 150 Å². The molecule has 5 heterocycles. The Morgan fingerprint density at radius 1 is 1.11 bits per heavy atom. The average molecular weight is 492 g/mol. The van der Waals surface area contributed by atoms with Crippen LogP contribution in [-0.4, -0.2) is 79.4 Å². The van der Waals surface area contributed by atoms with E-state index in [0.717, 1.165) is 12.1 Å². The molecule has 2 saturated heterocycles. The Hall–Kier alpha value is -3.87. The molecule has 36 heavy (non-hydrogen) atoms. The number of morpholine rings is 1. The van der Waals surface area contributed by atoms with Gasteiger partial charge in [-0.3, -0.25) is 14.9 Å². The highest BCUT2D eigenvalue weighted by atomic mass is 16.5. The van der Waals surface area contributed by atoms with Crippen molar-refractivity contribution in [3.8, 4) is 0 Å². The number of H-pyrrole nitrogens is 1. The van der Waals surface area contributed by atoms with Crippen LogP contribution in [0.25, 0.3) is 0 Å². The SMILES string of the molecule is C[C@@]1(C(=O)Nc2cnccn2)CCCN1c1nc(Nc2cc(C3CC3)[nH]n2)nc(N2CCOCC2)n1. The van der Waals surface area contributed by atoms with Crippen molar-refractivity contribution in [2.24, 2.45) is 0 Å². The van der Waals surface area contributed by atoms with Crippen LogP contribution in [-0.2, 0) is 9.53 Å². The van der Waals surface area contributed by atoms with E-state index in [4.69, 9.17) is 19.7 Å². The van der Waals surface area contributed by atoms with Crippen LogP contribution in [0.2, 0.25) is 0 Å². The van der Waals surface area contributed by atoms with Gasteiger partial charge < -0.3 is 25.2 Å². The molecule has 3 aromatic rings. The smallest absolute Gasteiger partial charge is 0.251 e. The van der Waals surface area contributed by atoms with Gasteiger partial charge in [0.05, 0.1) is 19.4 Å². The first-order valence-electron chi connectivity index (χ1n) is 12.3. The Labute approximate surface area is 208 Å². The summed E-state index contributed by atoms with van der Waals surface area (Å²) < 4.78 is 5.51. The van der Waals surface area contributed by atoms with Gasteiger partial charge in [0.2, 0.25) is 17.8 Å². The number of aromatic nitrogens is 7. The van der Waals surface area contributed by atoms with Gasteiger partial charge in [0.1, 0.15) is 5.54 Å². The van der Waals surface area contributed by atoms with E-state index in [1.807, 2.05) is 17.9 Å². The molecule has 3 fully saturated rings. The minimum absolute atomic E-state index is 0.176. The minimum Gasteiger partial charge on any atom is -0.378 e. The van der Waals surface area contributed by atoms with Crippen molar-refractivity contribution >= 4 is 35.4 Å². The van der Waals surface area contributed by atoms with Crippen molar-refractivity contribution in [3.05, 3.63) is 30.4 Å². The first-order chi connectivity index (χ1) is 17.6. The van der Waals surface area contributed by atoms with E-state index < -0.39 is 5.54 Å². The fourth-order valence-corrected chi connectivity index (χ4v) is 4.69. The summed E-state index contributed by atoms with van der Waals surface area (Å²) in [5.41, 5.74) is 0.261. The number of rotatable bonds is 7. The summed E-state index contributed by atoms with van der Waals surface area (Å²) in [7, 11) is 0. The van der Waals surface area contributed by atoms with Gasteiger partial charge in [0.25, 0.3) is 5.91 Å². The number of ether oxygens (including phenoxy) is 1. The summed E-state index contributed by atoms with van der Waals surface area (Å²) in [6.07, 6.45) is 8.50. The molecule has 1 saturated carbocycles. The van der Waals surface area contributed by atoms with Gasteiger partial charge in [-0.2, -0.15) is 20.1 Å². The number of hydrogen-bond donors (Lipinski definition) is 3. The van der Waals surface area contributed by atoms with Gasteiger partial charge in [-0.15, -0.1) is 0 Å². The summed E-state index contributed by atoms with van der Waals surface area (Å²) in [5, 5.41) is 13.6. The standard InChI is InChI=1S/C23H29N11O2/c1-23(19(35)26-18-14-24-6-7-25-18)5-2-8-34(23)22-29-20(27-17-13-16(31-32-17)15-3-4-15)28-21(30-22)33-9-11-36-12-10-33/h6-7,13-15H,2-5,8-12H2,1H3,(H,25,26,35)(H2,27,28,29,30,31,32)/t23-/m0/s1. The van der Waals surface area contributed by atoms with Crippen LogP contribution in [0.1, 0.15) is 44.2 Å². The molecule has 0 spiro atoms. The maximum absolute atomic E-state index is 13.4. The molecule has 3 aromatic heterocycles. The Bertz CT molecular complexity index is 1230. The van der Waals surface area contributed by atoms with E-state index in [9.17, 15) is 4.79 Å². The molecule has 13 nitrogen and oxygen atoms in total. The number of anilines is 5. The highest BCUT2D eigenvalue weighted by molar-refractivity contribution is 5.99. The largest absolute Gasteiger partial charge is 0.378 e. The fraction of sp³-hybridized carbons (Fsp3) is 0.522. The maximum atomic E-state index is 13.4. The summed E-state index contributed by atoms with van der Waals surface area (Å²) in [5.74, 6) is 2.83. The Morgan fingerprint density at radius 2 is 1.94 bits per heavy atom. The van der Waals surface area contributed by atoms with Crippen LogP contribution in [0.4, 0.5) is 29.5 Å². The average Bonchev–Trinajstić information content (AvgIpc) is 3.52. The first-order valence-corrected chi connectivity index (χ1v) is 12.3. The van der Waals surface area contributed by atoms with Gasteiger partial charge in [-0.05, 0) is 32.6 Å². The van der Waals surface area contributed by atoms with Gasteiger partial charge in [-0.1, -0.05) is 0 Å². The van der Waals surface area contributed by atoms with E-state index in [1.165, 1.54) is 19.0 Å². The molecule has 2 aliphatic heterocycles. The molecule has 0 bridgehead atoms. The first kappa shape index (κ1) is 22.6. The predicted molar refractivity (Wildman–Crippen MR) is 132 cm³/mol. The Kier molecular flexibility index (Phi) is 5.83. The van der Waals surface area contributed by atoms with E-state index in [0.29, 0.717) is 74.7 Å². The summed E-state index contributed by atoms with van der Waals surface area (Å²) >= 11 is 0. The van der Waals surface area contributed by atoms with Crippen molar-refractivity contribution in [3.63, 3.8) is 0 Å². The molecule has 188 valence electrons. The number of carbonyl (C=O) groups is 1. The van der Waals surface area contributed by atoms with Crippen LogP contribution < -0.4 is 20.4 Å². The number of nitrogens with zero attached hydrogens (tertiary/aromatic N) is 8. The lowest BCUT2D eigenvalue weighted by Gasteiger charge is -2.34. The zero-order valence-corrected chi connectivity index (χ0v) is 20.1. The second kappa shape index (κ2) is 9.30.